The zero-order valence-electron chi connectivity index (χ0n) is 4.25. The van der Waals surface area contributed by atoms with Crippen LogP contribution in [0.2, 0.25) is 0 Å². The van der Waals surface area contributed by atoms with Gasteiger partial charge in [0.15, 0.2) is 0 Å². The summed E-state index contributed by atoms with van der Waals surface area (Å²) < 4.78 is 1.28. The van der Waals surface area contributed by atoms with Crippen LogP contribution in [0.25, 0.3) is 0 Å². The van der Waals surface area contributed by atoms with E-state index in [1.807, 2.05) is 0 Å². The molecule has 0 heterocycles. The number of thiocarbonyl (C=S) groups is 1. The third-order valence-corrected chi connectivity index (χ3v) is 1.50. The maximum Gasteiger partial charge on any atom is 0.0310 e. The van der Waals surface area contributed by atoms with Gasteiger partial charge in [-0.3, -0.25) is 0 Å². The molecule has 0 saturated carbocycles. The van der Waals surface area contributed by atoms with Gasteiger partial charge in [-0.2, -0.15) is 0 Å². The molecule has 0 aromatic carbocycles. The minimum Gasteiger partial charge on any atom is -0.140 e. The highest BCUT2D eigenvalue weighted by Gasteiger charge is 1.55. The SMILES string of the molecule is CSSC.S=CS. The monoisotopic (exact) mass is 172 g/mol. The van der Waals surface area contributed by atoms with Crippen molar-refractivity contribution in [2.24, 2.45) is 0 Å². The maximum atomic E-state index is 4.13. The number of hydrogen-bond acceptors (Lipinski definition) is 3. The molecule has 0 aromatic heterocycles. The van der Waals surface area contributed by atoms with Crippen molar-refractivity contribution >= 4 is 51.1 Å². The van der Waals surface area contributed by atoms with Gasteiger partial charge in [0.1, 0.15) is 0 Å². The largest absolute Gasteiger partial charge is 0.140 e. The van der Waals surface area contributed by atoms with Gasteiger partial charge in [-0.25, -0.2) is 0 Å². The van der Waals surface area contributed by atoms with E-state index < -0.39 is 0 Å². The summed E-state index contributed by atoms with van der Waals surface area (Å²) in [7, 11) is 3.55. The van der Waals surface area contributed by atoms with E-state index in [9.17, 15) is 0 Å². The molecule has 7 heavy (non-hydrogen) atoms. The third-order valence-electron chi connectivity index (χ3n) is 0.167. The second-order valence-corrected chi connectivity index (χ2v) is 3.95. The predicted octanol–water partition coefficient (Wildman–Crippen LogP) is 2.50. The Morgan fingerprint density at radius 1 is 1.43 bits per heavy atom. The molecule has 0 radical (unpaired) electrons. The molecule has 0 saturated heterocycles. The van der Waals surface area contributed by atoms with Crippen LogP contribution in [0.3, 0.4) is 0 Å². The zero-order valence-corrected chi connectivity index (χ0v) is 7.59. The van der Waals surface area contributed by atoms with Gasteiger partial charge in [0.25, 0.3) is 0 Å². The minimum atomic E-state index is 1.28. The zero-order chi connectivity index (χ0) is 6.12. The highest BCUT2D eigenvalue weighted by atomic mass is 33.1. The molecule has 0 N–H and O–H groups in total. The van der Waals surface area contributed by atoms with Crippen LogP contribution in [0.1, 0.15) is 0 Å². The van der Waals surface area contributed by atoms with E-state index in [-0.39, 0.29) is 0 Å². The van der Waals surface area contributed by atoms with Crippen LogP contribution in [0, 0.1) is 0 Å². The lowest BCUT2D eigenvalue weighted by atomic mass is 11.9. The Morgan fingerprint density at radius 3 is 1.57 bits per heavy atom. The second kappa shape index (κ2) is 15.7. The van der Waals surface area contributed by atoms with E-state index in [0.29, 0.717) is 0 Å². The summed E-state index contributed by atoms with van der Waals surface area (Å²) in [5.41, 5.74) is 0. The standard InChI is InChI=1S/C2H6S2.CH2S2/c1-3-4-2;2-1-3/h1-2H3;1H,(H,2,3). The predicted molar refractivity (Wildman–Crippen MR) is 49.7 cm³/mol. The first kappa shape index (κ1) is 11.0. The molecule has 0 amide bonds. The van der Waals surface area contributed by atoms with Crippen LogP contribution in [0.5, 0.6) is 0 Å². The second-order valence-electron chi connectivity index (χ2n) is 0.439. The third kappa shape index (κ3) is 41.2. The van der Waals surface area contributed by atoms with Crippen molar-refractivity contribution in [2.75, 3.05) is 12.5 Å². The van der Waals surface area contributed by atoms with E-state index in [1.165, 1.54) is 4.70 Å². The summed E-state index contributed by atoms with van der Waals surface area (Å²) >= 11 is 7.61. The van der Waals surface area contributed by atoms with Crippen LogP contribution in [0.4, 0.5) is 0 Å². The fourth-order valence-electron chi connectivity index (χ4n) is 0. The molecule has 0 fully saturated rings. The van der Waals surface area contributed by atoms with Crippen molar-refractivity contribution < 1.29 is 0 Å². The molecule has 0 rings (SSSR count). The molecular weight excluding hydrogens is 164 g/mol. The first-order valence-electron chi connectivity index (χ1n) is 1.48. The minimum absolute atomic E-state index is 1.28. The molecular formula is C3H8S4. The van der Waals surface area contributed by atoms with Gasteiger partial charge in [-0.05, 0) is 12.5 Å². The molecule has 0 nitrogen and oxygen atoms in total. The highest BCUT2D eigenvalue weighted by Crippen LogP contribution is 2.09. The van der Waals surface area contributed by atoms with Crippen LogP contribution in [0.15, 0.2) is 0 Å². The molecule has 0 atom stereocenters. The van der Waals surface area contributed by atoms with Gasteiger partial charge in [0.2, 0.25) is 0 Å². The Labute approximate surface area is 63.6 Å². The molecule has 4 heteroatoms. The summed E-state index contributed by atoms with van der Waals surface area (Å²) in [5.74, 6) is 0. The number of thiol groups is 1. The molecule has 44 valence electrons. The first-order chi connectivity index (χ1) is 3.33. The molecule has 0 aliphatic heterocycles. The number of hydrogen-bond donors (Lipinski definition) is 1. The Bertz CT molecular complexity index is 26.1. The number of rotatable bonds is 1. The molecule has 0 bridgehead atoms. The van der Waals surface area contributed by atoms with Crippen molar-refractivity contribution in [3.8, 4) is 0 Å². The smallest absolute Gasteiger partial charge is 0.0310 e. The van der Waals surface area contributed by atoms with Gasteiger partial charge < -0.3 is 0 Å². The molecule has 0 aromatic rings. The van der Waals surface area contributed by atoms with E-state index in [1.54, 1.807) is 21.6 Å². The summed E-state index contributed by atoms with van der Waals surface area (Å²) in [4.78, 5) is 0. The lowest BCUT2D eigenvalue weighted by Gasteiger charge is -1.69. The van der Waals surface area contributed by atoms with Gasteiger partial charge in [-0.1, -0.05) is 33.8 Å². The van der Waals surface area contributed by atoms with Crippen LogP contribution in [-0.4, -0.2) is 17.2 Å². The van der Waals surface area contributed by atoms with Crippen LogP contribution >= 0.6 is 46.4 Å². The van der Waals surface area contributed by atoms with E-state index in [0.717, 1.165) is 0 Å². The average Bonchev–Trinajstić information content (AvgIpc) is 1.69. The Balaban J connectivity index is 0. The lowest BCUT2D eigenvalue weighted by molar-refractivity contribution is 2.51. The lowest BCUT2D eigenvalue weighted by Crippen LogP contribution is -1.28. The van der Waals surface area contributed by atoms with Crippen molar-refractivity contribution in [2.45, 2.75) is 0 Å². The van der Waals surface area contributed by atoms with Crippen molar-refractivity contribution in [3.05, 3.63) is 0 Å². The fraction of sp³-hybridized carbons (Fsp3) is 0.667. The first-order valence-corrected chi connectivity index (χ1v) is 5.43. The Hall–Kier alpha value is 1.14. The van der Waals surface area contributed by atoms with Crippen molar-refractivity contribution in [1.82, 2.24) is 0 Å². The maximum absolute atomic E-state index is 4.13. The summed E-state index contributed by atoms with van der Waals surface area (Å²) in [5, 5.41) is 0. The highest BCUT2D eigenvalue weighted by molar-refractivity contribution is 8.76. The van der Waals surface area contributed by atoms with Crippen LogP contribution < -0.4 is 0 Å². The van der Waals surface area contributed by atoms with Crippen molar-refractivity contribution in [1.29, 1.82) is 0 Å². The van der Waals surface area contributed by atoms with Gasteiger partial charge >= 0.3 is 0 Å². The quantitative estimate of drug-likeness (QED) is 0.367. The molecule has 0 unspecified atom stereocenters. The van der Waals surface area contributed by atoms with Crippen LogP contribution in [-0.2, 0) is 0 Å². The van der Waals surface area contributed by atoms with Crippen molar-refractivity contribution in [3.63, 3.8) is 0 Å². The normalized spacial score (nSPS) is 6.14. The Morgan fingerprint density at radius 2 is 1.57 bits per heavy atom. The fourth-order valence-corrected chi connectivity index (χ4v) is 0. The average molecular weight is 172 g/mol. The molecule has 0 aliphatic rings. The topological polar surface area (TPSA) is 0 Å². The van der Waals surface area contributed by atoms with E-state index in [4.69, 9.17) is 0 Å². The molecule has 0 spiro atoms. The summed E-state index contributed by atoms with van der Waals surface area (Å²) in [6.45, 7) is 0. The van der Waals surface area contributed by atoms with Gasteiger partial charge in [0, 0.05) is 4.70 Å². The van der Waals surface area contributed by atoms with Gasteiger partial charge in [-0.15, -0.1) is 12.6 Å². The van der Waals surface area contributed by atoms with Gasteiger partial charge in [0.05, 0.1) is 0 Å². The Kier molecular flexibility index (Phi) is 24.7. The van der Waals surface area contributed by atoms with E-state index in [2.05, 4.69) is 37.4 Å². The summed E-state index contributed by atoms with van der Waals surface area (Å²) in [6, 6.07) is 0. The molecule has 0 aliphatic carbocycles. The summed E-state index contributed by atoms with van der Waals surface area (Å²) in [6.07, 6.45) is 4.12. The van der Waals surface area contributed by atoms with E-state index >= 15 is 0 Å².